The first-order valence-electron chi connectivity index (χ1n) is 6.34. The molecule has 2 rings (SSSR count). The molecule has 0 saturated carbocycles. The highest BCUT2D eigenvalue weighted by Crippen LogP contribution is 2.04. The first-order valence-corrected chi connectivity index (χ1v) is 6.34. The van der Waals surface area contributed by atoms with Crippen LogP contribution in [0.3, 0.4) is 0 Å². The van der Waals surface area contributed by atoms with Gasteiger partial charge in [-0.25, -0.2) is 5.43 Å². The van der Waals surface area contributed by atoms with E-state index < -0.39 is 0 Å². The third kappa shape index (κ3) is 3.91. The minimum atomic E-state index is -0.201. The van der Waals surface area contributed by atoms with E-state index in [9.17, 15) is 9.59 Å². The second-order valence-corrected chi connectivity index (χ2v) is 4.59. The van der Waals surface area contributed by atoms with E-state index in [0.29, 0.717) is 25.1 Å². The van der Waals surface area contributed by atoms with Crippen molar-refractivity contribution in [2.75, 3.05) is 6.54 Å². The highest BCUT2D eigenvalue weighted by atomic mass is 16.2. The van der Waals surface area contributed by atoms with Crippen molar-refractivity contribution in [3.05, 3.63) is 35.4 Å². The molecule has 0 unspecified atom stereocenters. The maximum atomic E-state index is 11.8. The lowest BCUT2D eigenvalue weighted by Crippen LogP contribution is -2.37. The SMILES string of the molecule is Cc1cccc(CCNC(=O)C2=NNC(=O)CC2)c1. The number of nitrogens with one attached hydrogen (secondary N) is 2. The number of benzene rings is 1. The van der Waals surface area contributed by atoms with E-state index in [1.807, 2.05) is 25.1 Å². The Bertz CT molecular complexity index is 523. The molecule has 1 heterocycles. The Hall–Kier alpha value is -2.17. The molecule has 0 atom stereocenters. The molecule has 0 saturated heterocycles. The summed E-state index contributed by atoms with van der Waals surface area (Å²) < 4.78 is 0. The molecule has 1 aromatic rings. The summed E-state index contributed by atoms with van der Waals surface area (Å²) in [5.74, 6) is -0.344. The fraction of sp³-hybridized carbons (Fsp3) is 0.357. The van der Waals surface area contributed by atoms with Gasteiger partial charge in [0.05, 0.1) is 0 Å². The van der Waals surface area contributed by atoms with Crippen LogP contribution in [0.4, 0.5) is 0 Å². The molecule has 19 heavy (non-hydrogen) atoms. The van der Waals surface area contributed by atoms with Gasteiger partial charge in [0, 0.05) is 19.4 Å². The molecule has 2 amide bonds. The van der Waals surface area contributed by atoms with Crippen LogP contribution in [0.2, 0.25) is 0 Å². The lowest BCUT2D eigenvalue weighted by Gasteiger charge is -2.12. The van der Waals surface area contributed by atoms with Crippen molar-refractivity contribution >= 4 is 17.5 Å². The van der Waals surface area contributed by atoms with Crippen molar-refractivity contribution < 1.29 is 9.59 Å². The van der Waals surface area contributed by atoms with Crippen molar-refractivity contribution in [2.24, 2.45) is 5.10 Å². The number of carbonyl (C=O) groups is 2. The summed E-state index contributed by atoms with van der Waals surface area (Å²) in [5, 5.41) is 6.57. The summed E-state index contributed by atoms with van der Waals surface area (Å²) in [6.07, 6.45) is 1.51. The fourth-order valence-electron chi connectivity index (χ4n) is 1.93. The summed E-state index contributed by atoms with van der Waals surface area (Å²) in [4.78, 5) is 22.7. The third-order valence-electron chi connectivity index (χ3n) is 2.95. The zero-order valence-corrected chi connectivity index (χ0v) is 10.9. The summed E-state index contributed by atoms with van der Waals surface area (Å²) in [6, 6.07) is 8.19. The van der Waals surface area contributed by atoms with Crippen LogP contribution in [-0.4, -0.2) is 24.1 Å². The van der Waals surface area contributed by atoms with E-state index in [0.717, 1.165) is 6.42 Å². The van der Waals surface area contributed by atoms with Gasteiger partial charge in [-0.05, 0) is 18.9 Å². The van der Waals surface area contributed by atoms with Gasteiger partial charge in [0.2, 0.25) is 5.91 Å². The fourth-order valence-corrected chi connectivity index (χ4v) is 1.93. The maximum Gasteiger partial charge on any atom is 0.267 e. The highest BCUT2D eigenvalue weighted by Gasteiger charge is 2.17. The van der Waals surface area contributed by atoms with E-state index in [4.69, 9.17) is 0 Å². The molecule has 0 aliphatic carbocycles. The number of aryl methyl sites for hydroxylation is 1. The molecule has 0 aromatic heterocycles. The Morgan fingerprint density at radius 3 is 2.95 bits per heavy atom. The van der Waals surface area contributed by atoms with Crippen molar-refractivity contribution in [3.63, 3.8) is 0 Å². The summed E-state index contributed by atoms with van der Waals surface area (Å²) in [5.41, 5.74) is 5.11. The molecule has 0 spiro atoms. The summed E-state index contributed by atoms with van der Waals surface area (Å²) in [6.45, 7) is 2.61. The molecular formula is C14H17N3O2. The zero-order valence-electron chi connectivity index (χ0n) is 10.9. The molecule has 100 valence electrons. The second-order valence-electron chi connectivity index (χ2n) is 4.59. The number of rotatable bonds is 4. The second kappa shape index (κ2) is 6.13. The first-order chi connectivity index (χ1) is 9.15. The third-order valence-corrected chi connectivity index (χ3v) is 2.95. The number of hydrogen-bond donors (Lipinski definition) is 2. The smallest absolute Gasteiger partial charge is 0.267 e. The Labute approximate surface area is 112 Å². The molecule has 0 radical (unpaired) electrons. The van der Waals surface area contributed by atoms with Crippen molar-refractivity contribution in [3.8, 4) is 0 Å². The van der Waals surface area contributed by atoms with E-state index in [1.165, 1.54) is 11.1 Å². The van der Waals surface area contributed by atoms with Crippen LogP contribution in [0.5, 0.6) is 0 Å². The lowest BCUT2D eigenvalue weighted by molar-refractivity contribution is -0.121. The van der Waals surface area contributed by atoms with Gasteiger partial charge >= 0.3 is 0 Å². The van der Waals surface area contributed by atoms with Crippen LogP contribution in [0.15, 0.2) is 29.4 Å². The van der Waals surface area contributed by atoms with Gasteiger partial charge in [-0.3, -0.25) is 9.59 Å². The van der Waals surface area contributed by atoms with Crippen LogP contribution < -0.4 is 10.7 Å². The van der Waals surface area contributed by atoms with Crippen LogP contribution in [0.1, 0.15) is 24.0 Å². The molecule has 1 aromatic carbocycles. The van der Waals surface area contributed by atoms with Gasteiger partial charge in [-0.2, -0.15) is 5.10 Å². The Morgan fingerprint density at radius 2 is 2.26 bits per heavy atom. The van der Waals surface area contributed by atoms with Crippen molar-refractivity contribution in [1.82, 2.24) is 10.7 Å². The minimum Gasteiger partial charge on any atom is -0.351 e. The van der Waals surface area contributed by atoms with Crippen molar-refractivity contribution in [1.29, 1.82) is 0 Å². The van der Waals surface area contributed by atoms with Crippen LogP contribution in [-0.2, 0) is 16.0 Å². The highest BCUT2D eigenvalue weighted by molar-refractivity contribution is 6.39. The minimum absolute atomic E-state index is 0.142. The number of amides is 2. The number of nitrogens with zero attached hydrogens (tertiary/aromatic N) is 1. The lowest BCUT2D eigenvalue weighted by atomic mass is 10.1. The average molecular weight is 259 g/mol. The number of hydrogen-bond acceptors (Lipinski definition) is 3. The molecular weight excluding hydrogens is 242 g/mol. The molecule has 0 fully saturated rings. The van der Waals surface area contributed by atoms with Gasteiger partial charge in [0.1, 0.15) is 5.71 Å². The van der Waals surface area contributed by atoms with Crippen molar-refractivity contribution in [2.45, 2.75) is 26.2 Å². The molecule has 0 bridgehead atoms. The summed E-state index contributed by atoms with van der Waals surface area (Å²) >= 11 is 0. The predicted octanol–water partition coefficient (Wildman–Crippen LogP) is 0.920. The molecule has 2 N–H and O–H groups in total. The zero-order chi connectivity index (χ0) is 13.7. The van der Waals surface area contributed by atoms with Gasteiger partial charge in [0.15, 0.2) is 0 Å². The van der Waals surface area contributed by atoms with E-state index in [2.05, 4.69) is 21.9 Å². The van der Waals surface area contributed by atoms with E-state index in [1.54, 1.807) is 0 Å². The van der Waals surface area contributed by atoms with Gasteiger partial charge in [-0.15, -0.1) is 0 Å². The Balaban J connectivity index is 1.79. The molecule has 5 heteroatoms. The normalized spacial score (nSPS) is 14.6. The molecule has 1 aliphatic heterocycles. The van der Waals surface area contributed by atoms with Crippen LogP contribution in [0.25, 0.3) is 0 Å². The predicted molar refractivity (Wildman–Crippen MR) is 72.7 cm³/mol. The van der Waals surface area contributed by atoms with Crippen LogP contribution in [0, 0.1) is 6.92 Å². The summed E-state index contributed by atoms with van der Waals surface area (Å²) in [7, 11) is 0. The monoisotopic (exact) mass is 259 g/mol. The Kier molecular flexibility index (Phi) is 4.28. The quantitative estimate of drug-likeness (QED) is 0.844. The molecule has 5 nitrogen and oxygen atoms in total. The Morgan fingerprint density at radius 1 is 1.42 bits per heavy atom. The topological polar surface area (TPSA) is 70.6 Å². The van der Waals surface area contributed by atoms with Gasteiger partial charge < -0.3 is 5.32 Å². The molecule has 1 aliphatic rings. The van der Waals surface area contributed by atoms with E-state index in [-0.39, 0.29) is 11.8 Å². The average Bonchev–Trinajstić information content (AvgIpc) is 2.39. The largest absolute Gasteiger partial charge is 0.351 e. The number of carbonyl (C=O) groups excluding carboxylic acids is 2. The van der Waals surface area contributed by atoms with E-state index >= 15 is 0 Å². The van der Waals surface area contributed by atoms with Gasteiger partial charge in [-0.1, -0.05) is 29.8 Å². The van der Waals surface area contributed by atoms with Crippen LogP contribution >= 0.6 is 0 Å². The standard InChI is InChI=1S/C14H17N3O2/c1-10-3-2-4-11(9-10)7-8-15-14(19)12-5-6-13(18)17-16-12/h2-4,9H,5-8H2,1H3,(H,15,19)(H,17,18). The number of hydrazone groups is 1. The van der Waals surface area contributed by atoms with Gasteiger partial charge in [0.25, 0.3) is 5.91 Å². The maximum absolute atomic E-state index is 11.8. The first kappa shape index (κ1) is 13.3.